The van der Waals surface area contributed by atoms with Crippen molar-refractivity contribution in [2.45, 2.75) is 25.9 Å². The molecule has 0 aromatic heterocycles. The van der Waals surface area contributed by atoms with Gasteiger partial charge in [-0.05, 0) is 25.8 Å². The zero-order valence-corrected chi connectivity index (χ0v) is 7.82. The molecule has 1 unspecified atom stereocenters. The smallest absolute Gasteiger partial charge is 0.294 e. The maximum Gasteiger partial charge on any atom is 0.412 e. The van der Waals surface area contributed by atoms with Gasteiger partial charge in [0.25, 0.3) is 0 Å². The van der Waals surface area contributed by atoms with Crippen LogP contribution in [0.2, 0.25) is 0 Å². The number of halogens is 3. The Kier molecular flexibility index (Phi) is 2.83. The van der Waals surface area contributed by atoms with Gasteiger partial charge in [0.15, 0.2) is 5.78 Å². The molecule has 0 N–H and O–H groups in total. The third-order valence-corrected chi connectivity index (χ3v) is 2.32. The molecule has 0 amide bonds. The van der Waals surface area contributed by atoms with Gasteiger partial charge in [-0.25, -0.2) is 0 Å². The van der Waals surface area contributed by atoms with Crippen LogP contribution in [-0.4, -0.2) is 12.0 Å². The highest BCUT2D eigenvalue weighted by molar-refractivity contribution is 5.95. The second-order valence-electron chi connectivity index (χ2n) is 3.51. The fraction of sp³-hybridized carbons (Fsp3) is 0.500. The van der Waals surface area contributed by atoms with Crippen molar-refractivity contribution in [1.29, 1.82) is 0 Å². The molecule has 4 heteroatoms. The Morgan fingerprint density at radius 2 is 2.14 bits per heavy atom. The molecule has 1 aliphatic rings. The summed E-state index contributed by atoms with van der Waals surface area (Å²) in [5, 5.41) is 0. The van der Waals surface area contributed by atoms with E-state index in [0.717, 1.165) is 0 Å². The maximum atomic E-state index is 12.2. The molecule has 1 aliphatic carbocycles. The number of alkyl halides is 3. The standard InChI is InChI=1S/C10H11F3O/c1-6(2)8-4-3-7(5-9(8)14)10(11,12)13/h5,8H,1,3-4H2,2H3. The van der Waals surface area contributed by atoms with Crippen molar-refractivity contribution in [1.82, 2.24) is 0 Å². The summed E-state index contributed by atoms with van der Waals surface area (Å²) in [6, 6.07) is 0. The average Bonchev–Trinajstić information content (AvgIpc) is 2.01. The van der Waals surface area contributed by atoms with Crippen LogP contribution in [0.1, 0.15) is 19.8 Å². The molecular formula is C10H11F3O. The van der Waals surface area contributed by atoms with E-state index >= 15 is 0 Å². The lowest BCUT2D eigenvalue weighted by molar-refractivity contribution is -0.121. The molecule has 1 rings (SSSR count). The van der Waals surface area contributed by atoms with Crippen LogP contribution in [0, 0.1) is 5.92 Å². The van der Waals surface area contributed by atoms with E-state index in [1.54, 1.807) is 6.92 Å². The number of hydrogen-bond acceptors (Lipinski definition) is 1. The van der Waals surface area contributed by atoms with Crippen molar-refractivity contribution in [3.8, 4) is 0 Å². The largest absolute Gasteiger partial charge is 0.412 e. The van der Waals surface area contributed by atoms with Gasteiger partial charge in [-0.1, -0.05) is 12.2 Å². The van der Waals surface area contributed by atoms with Crippen molar-refractivity contribution < 1.29 is 18.0 Å². The monoisotopic (exact) mass is 204 g/mol. The Bertz CT molecular complexity index is 299. The van der Waals surface area contributed by atoms with Crippen LogP contribution in [0.15, 0.2) is 23.8 Å². The first-order valence-corrected chi connectivity index (χ1v) is 4.29. The van der Waals surface area contributed by atoms with Crippen molar-refractivity contribution in [2.24, 2.45) is 5.92 Å². The number of carbonyl (C=O) groups excluding carboxylic acids is 1. The number of hydrogen-bond donors (Lipinski definition) is 0. The predicted molar refractivity (Wildman–Crippen MR) is 46.7 cm³/mol. The zero-order chi connectivity index (χ0) is 10.9. The third kappa shape index (κ3) is 2.25. The molecule has 1 nitrogen and oxygen atoms in total. The minimum Gasteiger partial charge on any atom is -0.294 e. The molecule has 0 aromatic rings. The summed E-state index contributed by atoms with van der Waals surface area (Å²) in [6.07, 6.45) is -3.52. The van der Waals surface area contributed by atoms with Gasteiger partial charge >= 0.3 is 6.18 Å². The van der Waals surface area contributed by atoms with Crippen LogP contribution in [0.25, 0.3) is 0 Å². The first kappa shape index (κ1) is 11.0. The van der Waals surface area contributed by atoms with Gasteiger partial charge < -0.3 is 0 Å². The second kappa shape index (κ2) is 3.59. The van der Waals surface area contributed by atoms with E-state index in [4.69, 9.17) is 0 Å². The van der Waals surface area contributed by atoms with Gasteiger partial charge in [-0.15, -0.1) is 0 Å². The molecule has 0 radical (unpaired) electrons. The fourth-order valence-corrected chi connectivity index (χ4v) is 1.50. The topological polar surface area (TPSA) is 17.1 Å². The van der Waals surface area contributed by atoms with Gasteiger partial charge in [0, 0.05) is 11.5 Å². The van der Waals surface area contributed by atoms with Crippen LogP contribution in [0.4, 0.5) is 13.2 Å². The Morgan fingerprint density at radius 3 is 2.50 bits per heavy atom. The van der Waals surface area contributed by atoms with Crippen LogP contribution >= 0.6 is 0 Å². The summed E-state index contributed by atoms with van der Waals surface area (Å²) in [5.74, 6) is -0.905. The maximum absolute atomic E-state index is 12.2. The second-order valence-corrected chi connectivity index (χ2v) is 3.51. The van der Waals surface area contributed by atoms with Crippen molar-refractivity contribution in [2.75, 3.05) is 0 Å². The minimum absolute atomic E-state index is 0.0905. The molecule has 0 fully saturated rings. The molecule has 14 heavy (non-hydrogen) atoms. The van der Waals surface area contributed by atoms with Gasteiger partial charge in [-0.2, -0.15) is 13.2 Å². The Morgan fingerprint density at radius 1 is 1.57 bits per heavy atom. The van der Waals surface area contributed by atoms with Crippen molar-refractivity contribution in [3.05, 3.63) is 23.8 Å². The van der Waals surface area contributed by atoms with Crippen LogP contribution in [0.5, 0.6) is 0 Å². The van der Waals surface area contributed by atoms with Crippen molar-refractivity contribution in [3.63, 3.8) is 0 Å². The number of rotatable bonds is 1. The summed E-state index contributed by atoms with van der Waals surface area (Å²) in [7, 11) is 0. The summed E-state index contributed by atoms with van der Waals surface area (Å²) >= 11 is 0. The lowest BCUT2D eigenvalue weighted by Crippen LogP contribution is -2.24. The first-order chi connectivity index (χ1) is 6.32. The molecule has 0 spiro atoms. The fourth-order valence-electron chi connectivity index (χ4n) is 1.50. The van der Waals surface area contributed by atoms with Crippen molar-refractivity contribution >= 4 is 5.78 Å². The summed E-state index contributed by atoms with van der Waals surface area (Å²) in [6.45, 7) is 5.25. The quantitative estimate of drug-likeness (QED) is 0.600. The Balaban J connectivity index is 2.86. The summed E-state index contributed by atoms with van der Waals surface area (Å²) < 4.78 is 36.6. The molecule has 0 aromatic carbocycles. The van der Waals surface area contributed by atoms with E-state index in [0.29, 0.717) is 11.6 Å². The molecular weight excluding hydrogens is 193 g/mol. The average molecular weight is 204 g/mol. The number of carbonyl (C=O) groups is 1. The van der Waals surface area contributed by atoms with Gasteiger partial charge in [0.1, 0.15) is 0 Å². The summed E-state index contributed by atoms with van der Waals surface area (Å²) in [4.78, 5) is 11.3. The highest BCUT2D eigenvalue weighted by Crippen LogP contribution is 2.35. The van der Waals surface area contributed by atoms with E-state index in [1.807, 2.05) is 0 Å². The molecule has 0 heterocycles. The minimum atomic E-state index is -4.37. The molecule has 0 aliphatic heterocycles. The van der Waals surface area contributed by atoms with Gasteiger partial charge in [0.05, 0.1) is 0 Å². The number of allylic oxidation sites excluding steroid dienone is 3. The Hall–Kier alpha value is -1.06. The molecule has 78 valence electrons. The van der Waals surface area contributed by atoms with E-state index in [2.05, 4.69) is 6.58 Å². The SMILES string of the molecule is C=C(C)C1CCC(C(F)(F)F)=CC1=O. The molecule has 0 saturated carbocycles. The predicted octanol–water partition coefficient (Wildman–Crippen LogP) is 3.03. The lowest BCUT2D eigenvalue weighted by Gasteiger charge is -2.22. The zero-order valence-electron chi connectivity index (χ0n) is 7.82. The summed E-state index contributed by atoms with van der Waals surface area (Å²) in [5.41, 5.74) is -0.0903. The molecule has 0 saturated heterocycles. The van der Waals surface area contributed by atoms with Gasteiger partial charge in [-0.3, -0.25) is 4.79 Å². The van der Waals surface area contributed by atoms with Gasteiger partial charge in [0.2, 0.25) is 0 Å². The third-order valence-electron chi connectivity index (χ3n) is 2.32. The number of ketones is 1. The highest BCUT2D eigenvalue weighted by Gasteiger charge is 2.37. The van der Waals surface area contributed by atoms with Crippen LogP contribution in [0.3, 0.4) is 0 Å². The first-order valence-electron chi connectivity index (χ1n) is 4.29. The van der Waals surface area contributed by atoms with Crippen LogP contribution < -0.4 is 0 Å². The normalized spacial score (nSPS) is 23.3. The molecule has 0 bridgehead atoms. The van der Waals surface area contributed by atoms with E-state index < -0.39 is 23.5 Å². The van der Waals surface area contributed by atoms with Crippen LogP contribution in [-0.2, 0) is 4.79 Å². The Labute approximate surface area is 80.3 Å². The van der Waals surface area contributed by atoms with E-state index in [1.165, 1.54) is 0 Å². The van der Waals surface area contributed by atoms with E-state index in [9.17, 15) is 18.0 Å². The van der Waals surface area contributed by atoms with E-state index in [-0.39, 0.29) is 12.8 Å². The lowest BCUT2D eigenvalue weighted by atomic mass is 9.84. The highest BCUT2D eigenvalue weighted by atomic mass is 19.4. The molecule has 1 atom stereocenters.